The molecule has 114 valence electrons. The molecular weight excluding hydrogens is 290 g/mol. The maximum atomic E-state index is 10.4. The number of rotatable bonds is 2. The first kappa shape index (κ1) is 13.6. The van der Waals surface area contributed by atoms with Gasteiger partial charge in [0.2, 0.25) is 0 Å². The molecule has 0 bridgehead atoms. The number of hydrogen-bond donors (Lipinski definition) is 1. The number of aliphatic imine (C=N–C) groups is 2. The fraction of sp³-hybridized carbons (Fsp3) is 0.176. The summed E-state index contributed by atoms with van der Waals surface area (Å²) in [6, 6.07) is 5.69. The van der Waals surface area contributed by atoms with Crippen molar-refractivity contribution in [3.05, 3.63) is 60.2 Å². The van der Waals surface area contributed by atoms with E-state index >= 15 is 0 Å². The lowest BCUT2D eigenvalue weighted by Gasteiger charge is -2.25. The van der Waals surface area contributed by atoms with Gasteiger partial charge in [0.1, 0.15) is 17.4 Å². The minimum atomic E-state index is 0.128. The zero-order valence-electron chi connectivity index (χ0n) is 12.6. The molecule has 0 radical (unpaired) electrons. The molecule has 2 aromatic heterocycles. The van der Waals surface area contributed by atoms with Crippen LogP contribution in [0.1, 0.15) is 18.1 Å². The van der Waals surface area contributed by atoms with E-state index in [9.17, 15) is 5.11 Å². The first-order chi connectivity index (χ1) is 11.2. The maximum Gasteiger partial charge on any atom is 0.139 e. The van der Waals surface area contributed by atoms with Crippen molar-refractivity contribution < 1.29 is 5.11 Å². The molecule has 0 amide bonds. The smallest absolute Gasteiger partial charge is 0.139 e. The molecule has 0 saturated heterocycles. The van der Waals surface area contributed by atoms with Crippen LogP contribution in [-0.4, -0.2) is 44.2 Å². The number of aliphatic hydroxyl groups excluding tert-OH is 1. The molecule has 1 atom stereocenters. The van der Waals surface area contributed by atoms with Gasteiger partial charge in [0, 0.05) is 42.3 Å². The highest BCUT2D eigenvalue weighted by Crippen LogP contribution is 2.30. The number of nitrogens with zero attached hydrogens (tertiary/aromatic N) is 5. The van der Waals surface area contributed by atoms with Crippen molar-refractivity contribution in [3.63, 3.8) is 0 Å². The average Bonchev–Trinajstić information content (AvgIpc) is 2.98. The highest BCUT2D eigenvalue weighted by molar-refractivity contribution is 6.19. The van der Waals surface area contributed by atoms with E-state index in [1.165, 1.54) is 0 Å². The number of fused-ring (bicyclic) bond motifs is 3. The van der Waals surface area contributed by atoms with Gasteiger partial charge in [0.25, 0.3) is 0 Å². The van der Waals surface area contributed by atoms with Crippen LogP contribution < -0.4 is 0 Å². The Morgan fingerprint density at radius 2 is 2.13 bits per heavy atom. The molecule has 2 aromatic rings. The van der Waals surface area contributed by atoms with Gasteiger partial charge in [-0.3, -0.25) is 15.0 Å². The molecule has 0 spiro atoms. The Bertz CT molecular complexity index is 841. The zero-order valence-corrected chi connectivity index (χ0v) is 12.6. The monoisotopic (exact) mass is 305 g/mol. The van der Waals surface area contributed by atoms with E-state index in [4.69, 9.17) is 4.99 Å². The quantitative estimate of drug-likeness (QED) is 0.865. The van der Waals surface area contributed by atoms with E-state index in [-0.39, 0.29) is 11.8 Å². The predicted octanol–water partition coefficient (Wildman–Crippen LogP) is 2.57. The molecule has 0 aliphatic carbocycles. The van der Waals surface area contributed by atoms with Crippen molar-refractivity contribution in [2.45, 2.75) is 13.0 Å². The molecule has 1 N–H and O–H groups in total. The molecule has 2 aliphatic heterocycles. The van der Waals surface area contributed by atoms with Gasteiger partial charge in [-0.15, -0.1) is 0 Å². The van der Waals surface area contributed by atoms with Gasteiger partial charge in [-0.1, -0.05) is 0 Å². The summed E-state index contributed by atoms with van der Waals surface area (Å²) in [6.45, 7) is 2.81. The highest BCUT2D eigenvalue weighted by Gasteiger charge is 2.31. The Morgan fingerprint density at radius 1 is 1.26 bits per heavy atom. The second-order valence-electron chi connectivity index (χ2n) is 5.55. The van der Waals surface area contributed by atoms with E-state index in [1.54, 1.807) is 43.0 Å². The molecule has 0 aromatic carbocycles. The van der Waals surface area contributed by atoms with Crippen molar-refractivity contribution >= 4 is 23.1 Å². The fourth-order valence-electron chi connectivity index (χ4n) is 2.77. The van der Waals surface area contributed by atoms with Crippen LogP contribution in [0.5, 0.6) is 0 Å². The van der Waals surface area contributed by atoms with Crippen molar-refractivity contribution in [1.82, 2.24) is 14.9 Å². The summed E-state index contributed by atoms with van der Waals surface area (Å²) in [4.78, 5) is 19.5. The first-order valence-electron chi connectivity index (χ1n) is 7.42. The average molecular weight is 305 g/mol. The summed E-state index contributed by atoms with van der Waals surface area (Å²) < 4.78 is 0. The Morgan fingerprint density at radius 3 is 2.96 bits per heavy atom. The largest absolute Gasteiger partial charge is 0.507 e. The standard InChI is InChI=1S/C17H15N5O/c1-11-10-22-16(7-15(23)12-3-2-5-18-8-12)21-14-9-19-6-4-13(14)17(22)20-11/h2-9,11,23H,10H2,1H3/b15-7-. The summed E-state index contributed by atoms with van der Waals surface area (Å²) in [5.41, 5.74) is 2.39. The van der Waals surface area contributed by atoms with Crippen LogP contribution in [0.15, 0.2) is 59.0 Å². The molecule has 0 fully saturated rings. The van der Waals surface area contributed by atoms with Gasteiger partial charge in [-0.2, -0.15) is 0 Å². The number of aliphatic hydroxyl groups is 1. The van der Waals surface area contributed by atoms with Gasteiger partial charge in [-0.05, 0) is 25.1 Å². The van der Waals surface area contributed by atoms with Crippen LogP contribution in [0.3, 0.4) is 0 Å². The lowest BCUT2D eigenvalue weighted by Crippen LogP contribution is -2.37. The highest BCUT2D eigenvalue weighted by atomic mass is 16.3. The van der Waals surface area contributed by atoms with Crippen molar-refractivity contribution in [3.8, 4) is 0 Å². The van der Waals surface area contributed by atoms with Crippen LogP contribution in [0.2, 0.25) is 0 Å². The number of amidine groups is 2. The number of aromatic nitrogens is 2. The summed E-state index contributed by atoms with van der Waals surface area (Å²) >= 11 is 0. The maximum absolute atomic E-state index is 10.4. The molecule has 1 unspecified atom stereocenters. The summed E-state index contributed by atoms with van der Waals surface area (Å²) in [5.74, 6) is 1.67. The van der Waals surface area contributed by atoms with E-state index < -0.39 is 0 Å². The summed E-state index contributed by atoms with van der Waals surface area (Å²) in [5, 5.41) is 10.4. The van der Waals surface area contributed by atoms with Crippen LogP contribution in [0.4, 0.5) is 5.69 Å². The molecule has 4 heterocycles. The molecular formula is C17H15N5O. The number of pyridine rings is 2. The van der Waals surface area contributed by atoms with Gasteiger partial charge >= 0.3 is 0 Å². The predicted molar refractivity (Wildman–Crippen MR) is 88.9 cm³/mol. The molecule has 6 nitrogen and oxygen atoms in total. The molecule has 0 saturated carbocycles. The minimum absolute atomic E-state index is 0.128. The Kier molecular flexibility index (Phi) is 3.15. The SMILES string of the molecule is CC1CN2C(/C=C(\O)c3cccnc3)=Nc3cnccc3C2=N1. The topological polar surface area (TPSA) is 74.0 Å². The third kappa shape index (κ3) is 2.38. The summed E-state index contributed by atoms with van der Waals surface area (Å²) in [6.07, 6.45) is 8.40. The van der Waals surface area contributed by atoms with E-state index in [0.29, 0.717) is 11.4 Å². The number of hydrogen-bond acceptors (Lipinski definition) is 6. The molecule has 23 heavy (non-hydrogen) atoms. The van der Waals surface area contributed by atoms with Gasteiger partial charge in [-0.25, -0.2) is 4.99 Å². The van der Waals surface area contributed by atoms with Crippen molar-refractivity contribution in [2.75, 3.05) is 6.54 Å². The van der Waals surface area contributed by atoms with Crippen LogP contribution >= 0.6 is 0 Å². The lowest BCUT2D eigenvalue weighted by molar-refractivity contribution is 0.510. The molecule has 2 aliphatic rings. The van der Waals surface area contributed by atoms with Crippen LogP contribution in [-0.2, 0) is 0 Å². The van der Waals surface area contributed by atoms with Gasteiger partial charge in [0.05, 0.1) is 17.9 Å². The molecule has 6 heteroatoms. The Hall–Kier alpha value is -3.02. The molecule has 4 rings (SSSR count). The normalized spacial score (nSPS) is 19.8. The van der Waals surface area contributed by atoms with Crippen molar-refractivity contribution in [1.29, 1.82) is 0 Å². The van der Waals surface area contributed by atoms with Gasteiger partial charge < -0.3 is 10.0 Å². The Labute approximate surface area is 133 Å². The third-order valence-corrected chi connectivity index (χ3v) is 3.82. The van der Waals surface area contributed by atoms with Crippen LogP contribution in [0, 0.1) is 0 Å². The van der Waals surface area contributed by atoms with E-state index in [1.807, 2.05) is 11.0 Å². The van der Waals surface area contributed by atoms with Crippen molar-refractivity contribution in [2.24, 2.45) is 9.98 Å². The first-order valence-corrected chi connectivity index (χ1v) is 7.42. The van der Waals surface area contributed by atoms with E-state index in [2.05, 4.69) is 21.9 Å². The fourth-order valence-corrected chi connectivity index (χ4v) is 2.77. The Balaban J connectivity index is 1.80. The van der Waals surface area contributed by atoms with E-state index in [0.717, 1.165) is 23.6 Å². The lowest BCUT2D eigenvalue weighted by atomic mass is 10.1. The second-order valence-corrected chi connectivity index (χ2v) is 5.55. The third-order valence-electron chi connectivity index (χ3n) is 3.82. The second kappa shape index (κ2) is 5.31. The minimum Gasteiger partial charge on any atom is -0.507 e. The van der Waals surface area contributed by atoms with Crippen LogP contribution in [0.25, 0.3) is 5.76 Å². The van der Waals surface area contributed by atoms with Gasteiger partial charge in [0.15, 0.2) is 0 Å². The zero-order chi connectivity index (χ0) is 15.8. The summed E-state index contributed by atoms with van der Waals surface area (Å²) in [7, 11) is 0.